The number of hydrogen-bond donors (Lipinski definition) is 1. The number of azide groups is 1. The normalized spacial score (nSPS) is 13.2. The minimum Gasteiger partial charge on any atom is -0.467 e. The predicted molar refractivity (Wildman–Crippen MR) is 77.3 cm³/mol. The maximum Gasteiger partial charge on any atom is 0.330 e. The van der Waals surface area contributed by atoms with E-state index in [2.05, 4.69) is 15.3 Å². The molecular weight excluding hydrogens is 256 g/mol. The van der Waals surface area contributed by atoms with Crippen molar-refractivity contribution in [1.29, 1.82) is 0 Å². The van der Waals surface area contributed by atoms with E-state index in [0.717, 1.165) is 16.7 Å². The van der Waals surface area contributed by atoms with Crippen molar-refractivity contribution in [1.82, 2.24) is 5.32 Å². The molecule has 1 aromatic carbocycles. The van der Waals surface area contributed by atoms with Crippen molar-refractivity contribution < 1.29 is 9.53 Å². The number of benzene rings is 1. The Labute approximate surface area is 118 Å². The highest BCUT2D eigenvalue weighted by atomic mass is 16.5. The fraction of sp³-hybridized carbons (Fsp3) is 0.500. The van der Waals surface area contributed by atoms with Gasteiger partial charge in [-0.25, -0.2) is 4.79 Å². The Kier molecular flexibility index (Phi) is 5.55. The number of ether oxygens (including phenoxy) is 1. The summed E-state index contributed by atoms with van der Waals surface area (Å²) in [5.41, 5.74) is 10.3. The molecule has 1 N–H and O–H groups in total. The Hall–Kier alpha value is -2.04. The molecule has 20 heavy (non-hydrogen) atoms. The van der Waals surface area contributed by atoms with E-state index in [1.54, 1.807) is 6.92 Å². The van der Waals surface area contributed by atoms with Gasteiger partial charge in [-0.15, -0.1) is 0 Å². The van der Waals surface area contributed by atoms with E-state index >= 15 is 0 Å². The molecule has 0 amide bonds. The molecule has 0 bridgehead atoms. The third kappa shape index (κ3) is 3.50. The van der Waals surface area contributed by atoms with Gasteiger partial charge in [-0.05, 0) is 37.4 Å². The van der Waals surface area contributed by atoms with Gasteiger partial charge in [0.1, 0.15) is 5.54 Å². The molecule has 0 aliphatic heterocycles. The van der Waals surface area contributed by atoms with Crippen molar-refractivity contribution in [2.75, 3.05) is 20.2 Å². The smallest absolute Gasteiger partial charge is 0.330 e. The minimum atomic E-state index is -0.962. The van der Waals surface area contributed by atoms with Crippen LogP contribution in [0.15, 0.2) is 23.3 Å². The number of carbonyl (C=O) groups is 1. The molecule has 1 atom stereocenters. The Morgan fingerprint density at radius 1 is 1.50 bits per heavy atom. The molecule has 0 aliphatic rings. The summed E-state index contributed by atoms with van der Waals surface area (Å²) in [5.74, 6) is -0.368. The van der Waals surface area contributed by atoms with E-state index in [4.69, 9.17) is 10.3 Å². The Bertz CT molecular complexity index is 538. The van der Waals surface area contributed by atoms with E-state index in [0.29, 0.717) is 6.54 Å². The first-order valence-electron chi connectivity index (χ1n) is 6.37. The van der Waals surface area contributed by atoms with E-state index < -0.39 is 5.54 Å². The van der Waals surface area contributed by atoms with Crippen molar-refractivity contribution in [3.63, 3.8) is 0 Å². The molecule has 0 heterocycles. The highest BCUT2D eigenvalue weighted by molar-refractivity contribution is 5.82. The van der Waals surface area contributed by atoms with Gasteiger partial charge in [-0.1, -0.05) is 28.9 Å². The van der Waals surface area contributed by atoms with Crippen LogP contribution in [0, 0.1) is 13.8 Å². The average Bonchev–Trinajstić information content (AvgIpc) is 2.45. The van der Waals surface area contributed by atoms with Crippen LogP contribution in [0.4, 0.5) is 0 Å². The second-order valence-electron chi connectivity index (χ2n) is 4.82. The van der Waals surface area contributed by atoms with Gasteiger partial charge in [0.05, 0.1) is 7.11 Å². The van der Waals surface area contributed by atoms with Gasteiger partial charge in [0.25, 0.3) is 0 Å². The molecule has 6 heteroatoms. The molecule has 0 radical (unpaired) electrons. The predicted octanol–water partition coefficient (Wildman–Crippen LogP) is 2.59. The lowest BCUT2D eigenvalue weighted by Crippen LogP contribution is -2.48. The van der Waals surface area contributed by atoms with Crippen molar-refractivity contribution in [2.45, 2.75) is 26.3 Å². The Morgan fingerprint density at radius 3 is 2.80 bits per heavy atom. The van der Waals surface area contributed by atoms with Crippen LogP contribution in [0.3, 0.4) is 0 Å². The van der Waals surface area contributed by atoms with Gasteiger partial charge in [0.2, 0.25) is 0 Å². The zero-order chi connectivity index (χ0) is 15.2. The molecule has 1 unspecified atom stereocenters. The molecule has 1 rings (SSSR count). The molecule has 108 valence electrons. The summed E-state index contributed by atoms with van der Waals surface area (Å²) >= 11 is 0. The molecular formula is C14H20N4O2. The first-order chi connectivity index (χ1) is 9.45. The largest absolute Gasteiger partial charge is 0.467 e. The number of nitrogens with zero attached hydrogens (tertiary/aromatic N) is 3. The van der Waals surface area contributed by atoms with E-state index in [1.165, 1.54) is 7.11 Å². The number of methoxy groups -OCH3 is 1. The van der Waals surface area contributed by atoms with Gasteiger partial charge < -0.3 is 4.74 Å². The lowest BCUT2D eigenvalue weighted by Gasteiger charge is -2.30. The Balaban J connectivity index is 3.13. The summed E-state index contributed by atoms with van der Waals surface area (Å²) in [6.07, 6.45) is 0. The molecule has 0 fully saturated rings. The van der Waals surface area contributed by atoms with Crippen LogP contribution in [-0.2, 0) is 15.1 Å². The van der Waals surface area contributed by atoms with Crippen molar-refractivity contribution >= 4 is 5.97 Å². The van der Waals surface area contributed by atoms with Crippen molar-refractivity contribution in [3.8, 4) is 0 Å². The van der Waals surface area contributed by atoms with Gasteiger partial charge in [-0.3, -0.25) is 5.32 Å². The van der Waals surface area contributed by atoms with Crippen LogP contribution >= 0.6 is 0 Å². The van der Waals surface area contributed by atoms with Crippen LogP contribution < -0.4 is 5.32 Å². The SMILES string of the molecule is COC(=O)C(C)(NCCN=[N+]=[N-])c1cc(C)ccc1C. The van der Waals surface area contributed by atoms with Gasteiger partial charge >= 0.3 is 5.97 Å². The summed E-state index contributed by atoms with van der Waals surface area (Å²) in [5, 5.41) is 6.59. The summed E-state index contributed by atoms with van der Waals surface area (Å²) in [6, 6.07) is 5.93. The third-order valence-electron chi connectivity index (χ3n) is 3.28. The first-order valence-corrected chi connectivity index (χ1v) is 6.37. The standard InChI is InChI=1S/C14H20N4O2/c1-10-5-6-11(2)12(9-10)14(3,13(19)20-4)16-7-8-17-18-15/h5-6,9,16H,7-8H2,1-4H3. The highest BCUT2D eigenvalue weighted by Crippen LogP contribution is 2.26. The summed E-state index contributed by atoms with van der Waals surface area (Å²) < 4.78 is 4.92. The van der Waals surface area contributed by atoms with E-state index in [9.17, 15) is 4.79 Å². The van der Waals surface area contributed by atoms with E-state index in [-0.39, 0.29) is 12.5 Å². The maximum absolute atomic E-state index is 12.2. The molecule has 0 aliphatic carbocycles. The molecule has 0 spiro atoms. The molecule has 0 saturated heterocycles. The Morgan fingerprint density at radius 2 is 2.20 bits per heavy atom. The number of esters is 1. The minimum absolute atomic E-state index is 0.272. The first kappa shape index (κ1) is 16.0. The molecule has 0 saturated carbocycles. The summed E-state index contributed by atoms with van der Waals surface area (Å²) in [6.45, 7) is 6.36. The quantitative estimate of drug-likeness (QED) is 0.285. The summed E-state index contributed by atoms with van der Waals surface area (Å²) in [4.78, 5) is 14.9. The van der Waals surface area contributed by atoms with Crippen LogP contribution in [0.2, 0.25) is 0 Å². The fourth-order valence-electron chi connectivity index (χ4n) is 2.16. The molecule has 6 nitrogen and oxygen atoms in total. The lowest BCUT2D eigenvalue weighted by molar-refractivity contribution is -0.148. The van der Waals surface area contributed by atoms with Gasteiger partial charge in [0, 0.05) is 18.0 Å². The van der Waals surface area contributed by atoms with Crippen LogP contribution in [0.5, 0.6) is 0 Å². The number of hydrogen-bond acceptors (Lipinski definition) is 4. The lowest BCUT2D eigenvalue weighted by atomic mass is 9.87. The monoisotopic (exact) mass is 276 g/mol. The van der Waals surface area contributed by atoms with Crippen LogP contribution in [-0.4, -0.2) is 26.2 Å². The van der Waals surface area contributed by atoms with Crippen LogP contribution in [0.25, 0.3) is 10.4 Å². The maximum atomic E-state index is 12.2. The summed E-state index contributed by atoms with van der Waals surface area (Å²) in [7, 11) is 1.36. The second kappa shape index (κ2) is 6.93. The molecule has 1 aromatic rings. The second-order valence-corrected chi connectivity index (χ2v) is 4.82. The number of aryl methyl sites for hydroxylation is 2. The van der Waals surface area contributed by atoms with E-state index in [1.807, 2.05) is 32.0 Å². The molecule has 0 aromatic heterocycles. The topological polar surface area (TPSA) is 87.1 Å². The number of rotatable bonds is 6. The number of carbonyl (C=O) groups excluding carboxylic acids is 1. The van der Waals surface area contributed by atoms with Crippen LogP contribution in [0.1, 0.15) is 23.6 Å². The van der Waals surface area contributed by atoms with Crippen molar-refractivity contribution in [3.05, 3.63) is 45.3 Å². The highest BCUT2D eigenvalue weighted by Gasteiger charge is 2.36. The fourth-order valence-corrected chi connectivity index (χ4v) is 2.16. The average molecular weight is 276 g/mol. The zero-order valence-corrected chi connectivity index (χ0v) is 12.3. The number of nitrogens with one attached hydrogen (secondary N) is 1. The van der Waals surface area contributed by atoms with Crippen molar-refractivity contribution in [2.24, 2.45) is 5.11 Å². The van der Waals surface area contributed by atoms with Gasteiger partial charge in [-0.2, -0.15) is 0 Å². The van der Waals surface area contributed by atoms with Gasteiger partial charge in [0.15, 0.2) is 0 Å². The zero-order valence-electron chi connectivity index (χ0n) is 12.3. The third-order valence-corrected chi connectivity index (χ3v) is 3.28.